The average molecular weight is 510 g/mol. The molecule has 0 aromatic rings. The summed E-state index contributed by atoms with van der Waals surface area (Å²) in [7, 11) is 4.27. The van der Waals surface area contributed by atoms with Gasteiger partial charge in [0.05, 0.1) is 0 Å². The Kier molecular flexibility index (Phi) is 18.1. The highest BCUT2D eigenvalue weighted by atomic mass is 127. The molecule has 1 heterocycles. The molecule has 2 N–H and O–H groups in total. The third kappa shape index (κ3) is 14.4. The number of unbranched alkanes of at least 4 members (excludes halogenated alkanes) is 4. The van der Waals surface area contributed by atoms with Crippen LogP contribution >= 0.6 is 24.0 Å². The fraction of sp³-hybridized carbons (Fsp3) is 0.905. The van der Waals surface area contributed by atoms with E-state index in [1.807, 2.05) is 4.90 Å². The van der Waals surface area contributed by atoms with E-state index in [-0.39, 0.29) is 24.0 Å². The maximum absolute atomic E-state index is 12.0. The highest BCUT2D eigenvalue weighted by Crippen LogP contribution is 2.11. The van der Waals surface area contributed by atoms with Gasteiger partial charge in [0.1, 0.15) is 0 Å². The topological polar surface area (TPSA) is 60.0 Å². The fourth-order valence-electron chi connectivity index (χ4n) is 3.36. The largest absolute Gasteiger partial charge is 0.357 e. The molecule has 1 amide bonds. The first-order chi connectivity index (χ1) is 13.1. The number of likely N-dealkylation sites (tertiary alicyclic amines) is 1. The van der Waals surface area contributed by atoms with Gasteiger partial charge in [-0.2, -0.15) is 0 Å². The molecule has 0 aliphatic carbocycles. The quantitative estimate of drug-likeness (QED) is 0.173. The van der Waals surface area contributed by atoms with Crippen molar-refractivity contribution in [3.8, 4) is 0 Å². The van der Waals surface area contributed by atoms with Gasteiger partial charge in [0.15, 0.2) is 5.96 Å². The van der Waals surface area contributed by atoms with Crippen molar-refractivity contribution in [3.05, 3.63) is 0 Å². The standard InChI is InChI=1S/C21H43N5O.HI/c1-4-22-21(23-15-10-6-5-7-11-17-25(2)3)24-16-13-19-26-18-12-8-9-14-20(26)27;/h4-19H2,1-3H3,(H2,22,23,24);1H. The van der Waals surface area contributed by atoms with E-state index in [1.165, 1.54) is 45.1 Å². The second-order valence-corrected chi connectivity index (χ2v) is 7.80. The van der Waals surface area contributed by atoms with Crippen molar-refractivity contribution in [1.29, 1.82) is 0 Å². The third-order valence-corrected chi connectivity index (χ3v) is 4.95. The van der Waals surface area contributed by atoms with Crippen molar-refractivity contribution in [3.63, 3.8) is 0 Å². The maximum atomic E-state index is 12.0. The number of guanidine groups is 1. The Balaban J connectivity index is 0.00000729. The minimum absolute atomic E-state index is 0. The zero-order valence-corrected chi connectivity index (χ0v) is 20.8. The highest BCUT2D eigenvalue weighted by molar-refractivity contribution is 14.0. The molecule has 6 nitrogen and oxygen atoms in total. The predicted molar refractivity (Wildman–Crippen MR) is 131 cm³/mol. The lowest BCUT2D eigenvalue weighted by Gasteiger charge is -2.20. The van der Waals surface area contributed by atoms with Crippen molar-refractivity contribution in [2.24, 2.45) is 4.99 Å². The molecule has 1 saturated heterocycles. The Bertz CT molecular complexity index is 418. The molecule has 0 spiro atoms. The molecule has 1 aliphatic heterocycles. The van der Waals surface area contributed by atoms with E-state index < -0.39 is 0 Å². The van der Waals surface area contributed by atoms with Crippen LogP contribution in [0.1, 0.15) is 71.1 Å². The molecule has 1 rings (SSSR count). The minimum Gasteiger partial charge on any atom is -0.357 e. The van der Waals surface area contributed by atoms with Crippen LogP contribution < -0.4 is 10.6 Å². The van der Waals surface area contributed by atoms with Gasteiger partial charge in [0.25, 0.3) is 0 Å². The van der Waals surface area contributed by atoms with Crippen molar-refractivity contribution in [2.75, 3.05) is 53.4 Å². The lowest BCUT2D eigenvalue weighted by Crippen LogP contribution is -2.38. The molecule has 0 unspecified atom stereocenters. The summed E-state index contributed by atoms with van der Waals surface area (Å²) in [6.07, 6.45) is 11.4. The molecule has 166 valence electrons. The van der Waals surface area contributed by atoms with E-state index in [4.69, 9.17) is 0 Å². The summed E-state index contributed by atoms with van der Waals surface area (Å²) in [4.78, 5) is 21.0. The summed E-state index contributed by atoms with van der Waals surface area (Å²) < 4.78 is 0. The van der Waals surface area contributed by atoms with Gasteiger partial charge in [-0.25, -0.2) is 0 Å². The van der Waals surface area contributed by atoms with Crippen LogP contribution in [0, 0.1) is 0 Å². The normalized spacial score (nSPS) is 15.4. The number of amides is 1. The number of nitrogens with one attached hydrogen (secondary N) is 2. The highest BCUT2D eigenvalue weighted by Gasteiger charge is 2.15. The van der Waals surface area contributed by atoms with Gasteiger partial charge in [-0.1, -0.05) is 25.7 Å². The number of carbonyl (C=O) groups excluding carboxylic acids is 1. The van der Waals surface area contributed by atoms with Crippen LogP contribution in [0.15, 0.2) is 4.99 Å². The molecule has 0 radical (unpaired) electrons. The van der Waals surface area contributed by atoms with Gasteiger partial charge >= 0.3 is 0 Å². The van der Waals surface area contributed by atoms with Crippen LogP contribution in [-0.4, -0.2) is 75.0 Å². The number of aliphatic imine (C=N–C) groups is 1. The first-order valence-corrected chi connectivity index (χ1v) is 11.1. The Morgan fingerprint density at radius 1 is 1.04 bits per heavy atom. The van der Waals surface area contributed by atoms with Crippen LogP contribution in [0.4, 0.5) is 0 Å². The van der Waals surface area contributed by atoms with E-state index in [0.29, 0.717) is 5.91 Å². The maximum Gasteiger partial charge on any atom is 0.222 e. The Morgan fingerprint density at radius 3 is 2.54 bits per heavy atom. The summed E-state index contributed by atoms with van der Waals surface area (Å²) in [5.41, 5.74) is 0. The third-order valence-electron chi connectivity index (χ3n) is 4.95. The number of rotatable bonds is 13. The van der Waals surface area contributed by atoms with Gasteiger partial charge in [0, 0.05) is 39.1 Å². The van der Waals surface area contributed by atoms with E-state index in [0.717, 1.165) is 64.4 Å². The van der Waals surface area contributed by atoms with E-state index in [2.05, 4.69) is 41.5 Å². The van der Waals surface area contributed by atoms with Crippen LogP contribution in [-0.2, 0) is 4.79 Å². The first-order valence-electron chi connectivity index (χ1n) is 11.1. The molecule has 0 saturated carbocycles. The zero-order valence-electron chi connectivity index (χ0n) is 18.5. The smallest absolute Gasteiger partial charge is 0.222 e. The first kappa shape index (κ1) is 27.4. The number of halogens is 1. The van der Waals surface area contributed by atoms with Crippen LogP contribution in [0.5, 0.6) is 0 Å². The predicted octanol–water partition coefficient (Wildman–Crippen LogP) is 3.46. The Hall–Kier alpha value is -0.570. The Labute approximate surface area is 190 Å². The van der Waals surface area contributed by atoms with Crippen molar-refractivity contribution in [1.82, 2.24) is 20.4 Å². The molecule has 7 heteroatoms. The Morgan fingerprint density at radius 2 is 1.79 bits per heavy atom. The summed E-state index contributed by atoms with van der Waals surface area (Å²) in [6, 6.07) is 0. The number of hydrogen-bond acceptors (Lipinski definition) is 3. The molecular weight excluding hydrogens is 465 g/mol. The molecular formula is C21H44IN5O. The molecule has 0 aromatic carbocycles. The van der Waals surface area contributed by atoms with E-state index in [1.54, 1.807) is 0 Å². The molecule has 0 bridgehead atoms. The molecule has 28 heavy (non-hydrogen) atoms. The van der Waals surface area contributed by atoms with E-state index in [9.17, 15) is 4.79 Å². The number of hydrogen-bond donors (Lipinski definition) is 2. The summed E-state index contributed by atoms with van der Waals surface area (Å²) in [6.45, 7) is 7.68. The molecule has 0 atom stereocenters. The van der Waals surface area contributed by atoms with Gasteiger partial charge in [-0.15, -0.1) is 24.0 Å². The van der Waals surface area contributed by atoms with Crippen LogP contribution in [0.2, 0.25) is 0 Å². The summed E-state index contributed by atoms with van der Waals surface area (Å²) in [5, 5.41) is 6.75. The van der Waals surface area contributed by atoms with Crippen LogP contribution in [0.3, 0.4) is 0 Å². The molecule has 0 aromatic heterocycles. The monoisotopic (exact) mass is 509 g/mol. The van der Waals surface area contributed by atoms with Gasteiger partial charge in [-0.3, -0.25) is 9.79 Å². The van der Waals surface area contributed by atoms with Gasteiger partial charge in [-0.05, 0) is 59.7 Å². The number of nitrogens with zero attached hydrogens (tertiary/aromatic N) is 3. The second-order valence-electron chi connectivity index (χ2n) is 7.80. The van der Waals surface area contributed by atoms with Gasteiger partial charge in [0.2, 0.25) is 5.91 Å². The SMILES string of the molecule is CCNC(=NCCCN1CCCCCC1=O)NCCCCCCCN(C)C.I. The van der Waals surface area contributed by atoms with Crippen molar-refractivity contribution < 1.29 is 4.79 Å². The lowest BCUT2D eigenvalue weighted by molar-refractivity contribution is -0.130. The van der Waals surface area contributed by atoms with Crippen molar-refractivity contribution in [2.45, 2.75) is 71.1 Å². The van der Waals surface area contributed by atoms with Crippen LogP contribution in [0.25, 0.3) is 0 Å². The fourth-order valence-corrected chi connectivity index (χ4v) is 3.36. The van der Waals surface area contributed by atoms with E-state index >= 15 is 0 Å². The minimum atomic E-state index is 0. The molecule has 1 fully saturated rings. The second kappa shape index (κ2) is 18.5. The lowest BCUT2D eigenvalue weighted by atomic mass is 10.1. The molecule has 1 aliphatic rings. The zero-order chi connectivity index (χ0) is 19.7. The van der Waals surface area contributed by atoms with Crippen molar-refractivity contribution >= 4 is 35.8 Å². The summed E-state index contributed by atoms with van der Waals surface area (Å²) in [5.74, 6) is 1.24. The number of carbonyl (C=O) groups is 1. The summed E-state index contributed by atoms with van der Waals surface area (Å²) >= 11 is 0. The average Bonchev–Trinajstić information content (AvgIpc) is 2.84. The van der Waals surface area contributed by atoms with Gasteiger partial charge < -0.3 is 20.4 Å².